The lowest BCUT2D eigenvalue weighted by Crippen LogP contribution is -2.29. The quantitative estimate of drug-likeness (QED) is 0.646. The van der Waals surface area contributed by atoms with Crippen molar-refractivity contribution in [1.82, 2.24) is 10.4 Å². The minimum Gasteiger partial charge on any atom is -0.271 e. The molecule has 2 unspecified atom stereocenters. The Balaban J connectivity index is 2.07. The predicted octanol–water partition coefficient (Wildman–Crippen LogP) is 1.49. The van der Waals surface area contributed by atoms with E-state index in [2.05, 4.69) is 10.4 Å². The van der Waals surface area contributed by atoms with Crippen molar-refractivity contribution >= 4 is 21.2 Å². The zero-order chi connectivity index (χ0) is 15.0. The summed E-state index contributed by atoms with van der Waals surface area (Å²) in [5, 5.41) is -0.924. The monoisotopic (exact) mass is 329 g/mol. The zero-order valence-corrected chi connectivity index (χ0v) is 12.0. The Morgan fingerprint density at radius 3 is 2.70 bits per heavy atom. The lowest BCUT2D eigenvalue weighted by atomic mass is 9.99. The predicted molar refractivity (Wildman–Crippen MR) is 68.6 cm³/mol. The fraction of sp³-hybridized carbons (Fsp3) is 0.700. The van der Waals surface area contributed by atoms with Crippen molar-refractivity contribution in [2.24, 2.45) is 11.8 Å². The zero-order valence-electron chi connectivity index (χ0n) is 10.4. The summed E-state index contributed by atoms with van der Waals surface area (Å²) < 4.78 is 60.2. The number of thiazole rings is 1. The van der Waals surface area contributed by atoms with Crippen LogP contribution in [-0.2, 0) is 16.0 Å². The van der Waals surface area contributed by atoms with E-state index < -0.39 is 27.1 Å². The van der Waals surface area contributed by atoms with E-state index in [9.17, 15) is 21.6 Å². The lowest BCUT2D eigenvalue weighted by Gasteiger charge is -2.17. The summed E-state index contributed by atoms with van der Waals surface area (Å²) in [5.74, 6) is 5.48. The molecule has 1 aromatic heterocycles. The molecule has 3 N–H and O–H groups in total. The molecule has 1 aliphatic rings. The fourth-order valence-electron chi connectivity index (χ4n) is 2.24. The molecule has 2 rings (SSSR count). The minimum absolute atomic E-state index is 0.0656. The van der Waals surface area contributed by atoms with Gasteiger partial charge >= 0.3 is 6.18 Å². The van der Waals surface area contributed by atoms with Gasteiger partial charge in [-0.25, -0.2) is 13.4 Å². The molecule has 0 spiro atoms. The van der Waals surface area contributed by atoms with Crippen LogP contribution in [0.15, 0.2) is 6.20 Å². The van der Waals surface area contributed by atoms with Gasteiger partial charge in [0.2, 0.25) is 0 Å². The standard InChI is InChI=1S/C10H14F3N3O2S2/c11-10(12,13)9-15-4-8(19-9)7(16-14)3-6-1-2-20(17,18)5-6/h4,6-7,16H,1-3,5,14H2. The van der Waals surface area contributed by atoms with Crippen LogP contribution in [0.25, 0.3) is 0 Å². The summed E-state index contributed by atoms with van der Waals surface area (Å²) in [6, 6.07) is -0.512. The Labute approximate surface area is 118 Å². The first kappa shape index (κ1) is 15.7. The molecule has 20 heavy (non-hydrogen) atoms. The second kappa shape index (κ2) is 5.58. The topological polar surface area (TPSA) is 85.1 Å². The van der Waals surface area contributed by atoms with Crippen molar-refractivity contribution in [2.45, 2.75) is 25.1 Å². The molecule has 1 fully saturated rings. The molecule has 1 aromatic rings. The van der Waals surface area contributed by atoms with Crippen LogP contribution in [-0.4, -0.2) is 24.9 Å². The largest absolute Gasteiger partial charge is 0.443 e. The third-order valence-electron chi connectivity index (χ3n) is 3.21. The lowest BCUT2D eigenvalue weighted by molar-refractivity contribution is -0.137. The number of hydrazine groups is 1. The van der Waals surface area contributed by atoms with Crippen LogP contribution in [0.1, 0.15) is 28.8 Å². The highest BCUT2D eigenvalue weighted by Crippen LogP contribution is 2.36. The van der Waals surface area contributed by atoms with E-state index >= 15 is 0 Å². The molecule has 114 valence electrons. The molecule has 0 amide bonds. The van der Waals surface area contributed by atoms with Crippen LogP contribution < -0.4 is 11.3 Å². The van der Waals surface area contributed by atoms with Crippen LogP contribution in [0.5, 0.6) is 0 Å². The number of sulfone groups is 1. The number of hydrogen-bond acceptors (Lipinski definition) is 6. The average molecular weight is 329 g/mol. The van der Waals surface area contributed by atoms with Gasteiger partial charge in [-0.1, -0.05) is 0 Å². The maximum atomic E-state index is 12.5. The number of nitrogens with zero attached hydrogens (tertiary/aromatic N) is 1. The second-order valence-electron chi connectivity index (χ2n) is 4.79. The molecule has 5 nitrogen and oxygen atoms in total. The molecule has 0 radical (unpaired) electrons. The van der Waals surface area contributed by atoms with Crippen molar-refractivity contribution in [3.63, 3.8) is 0 Å². The first-order chi connectivity index (χ1) is 9.21. The van der Waals surface area contributed by atoms with Gasteiger partial charge in [0, 0.05) is 11.1 Å². The van der Waals surface area contributed by atoms with E-state index in [1.54, 1.807) is 0 Å². The number of alkyl halides is 3. The van der Waals surface area contributed by atoms with Gasteiger partial charge in [-0.2, -0.15) is 13.2 Å². The van der Waals surface area contributed by atoms with Gasteiger partial charge in [-0.15, -0.1) is 11.3 Å². The third-order valence-corrected chi connectivity index (χ3v) is 6.20. The summed E-state index contributed by atoms with van der Waals surface area (Å²) in [4.78, 5) is 3.70. The second-order valence-corrected chi connectivity index (χ2v) is 8.08. The van der Waals surface area contributed by atoms with Crippen LogP contribution in [0.2, 0.25) is 0 Å². The van der Waals surface area contributed by atoms with Gasteiger partial charge < -0.3 is 0 Å². The Bertz CT molecular complexity index is 571. The van der Waals surface area contributed by atoms with Crippen molar-refractivity contribution in [3.8, 4) is 0 Å². The summed E-state index contributed by atoms with van der Waals surface area (Å²) >= 11 is 0.528. The van der Waals surface area contributed by atoms with Crippen molar-refractivity contribution < 1.29 is 21.6 Å². The van der Waals surface area contributed by atoms with Crippen molar-refractivity contribution in [2.75, 3.05) is 11.5 Å². The van der Waals surface area contributed by atoms with E-state index in [4.69, 9.17) is 5.84 Å². The molecular formula is C10H14F3N3O2S2. The highest BCUT2D eigenvalue weighted by Gasteiger charge is 2.36. The number of rotatable bonds is 4. The van der Waals surface area contributed by atoms with E-state index in [1.807, 2.05) is 0 Å². The van der Waals surface area contributed by atoms with Gasteiger partial charge in [0.05, 0.1) is 17.5 Å². The van der Waals surface area contributed by atoms with Crippen LogP contribution >= 0.6 is 11.3 Å². The van der Waals surface area contributed by atoms with E-state index in [0.29, 0.717) is 29.1 Å². The first-order valence-electron chi connectivity index (χ1n) is 5.91. The Morgan fingerprint density at radius 2 is 2.25 bits per heavy atom. The molecule has 2 atom stereocenters. The maximum Gasteiger partial charge on any atom is 0.443 e. The average Bonchev–Trinajstić information content (AvgIpc) is 2.92. The molecule has 0 bridgehead atoms. The minimum atomic E-state index is -4.47. The van der Waals surface area contributed by atoms with Gasteiger partial charge in [-0.05, 0) is 18.8 Å². The molecule has 10 heteroatoms. The van der Waals surface area contributed by atoms with Gasteiger partial charge in [0.15, 0.2) is 14.8 Å². The van der Waals surface area contributed by atoms with Crippen molar-refractivity contribution in [3.05, 3.63) is 16.1 Å². The first-order valence-corrected chi connectivity index (χ1v) is 8.54. The highest BCUT2D eigenvalue weighted by atomic mass is 32.2. The Kier molecular flexibility index (Phi) is 4.38. The van der Waals surface area contributed by atoms with Gasteiger partial charge in [0.25, 0.3) is 0 Å². The third kappa shape index (κ3) is 3.68. The summed E-state index contributed by atoms with van der Waals surface area (Å²) in [6.07, 6.45) is -2.43. The Hall–Kier alpha value is -0.710. The Morgan fingerprint density at radius 1 is 1.55 bits per heavy atom. The normalized spacial score (nSPS) is 23.9. The van der Waals surface area contributed by atoms with Gasteiger partial charge in [0.1, 0.15) is 0 Å². The summed E-state index contributed by atoms with van der Waals surface area (Å²) in [6.45, 7) is 0. The summed E-state index contributed by atoms with van der Waals surface area (Å²) in [7, 11) is -3.01. The van der Waals surface area contributed by atoms with E-state index in [1.165, 1.54) is 0 Å². The number of hydrogen-bond donors (Lipinski definition) is 2. The number of halogens is 3. The molecule has 1 aliphatic heterocycles. The molecule has 0 aromatic carbocycles. The molecule has 1 saturated heterocycles. The number of aromatic nitrogens is 1. The smallest absolute Gasteiger partial charge is 0.271 e. The van der Waals surface area contributed by atoms with Crippen LogP contribution in [0.4, 0.5) is 13.2 Å². The molecule has 0 saturated carbocycles. The number of nitrogens with one attached hydrogen (secondary N) is 1. The molecular weight excluding hydrogens is 315 g/mol. The SMILES string of the molecule is NNC(CC1CCS(=O)(=O)C1)c1cnc(C(F)(F)F)s1. The number of nitrogens with two attached hydrogens (primary N) is 1. The van der Waals surface area contributed by atoms with Crippen LogP contribution in [0.3, 0.4) is 0 Å². The maximum absolute atomic E-state index is 12.5. The van der Waals surface area contributed by atoms with E-state index in [-0.39, 0.29) is 17.4 Å². The van der Waals surface area contributed by atoms with E-state index in [0.717, 1.165) is 6.20 Å². The highest BCUT2D eigenvalue weighted by molar-refractivity contribution is 7.91. The van der Waals surface area contributed by atoms with Crippen molar-refractivity contribution in [1.29, 1.82) is 0 Å². The van der Waals surface area contributed by atoms with Gasteiger partial charge in [-0.3, -0.25) is 11.3 Å². The molecule has 2 heterocycles. The molecule has 0 aliphatic carbocycles. The summed E-state index contributed by atoms with van der Waals surface area (Å²) in [5.41, 5.74) is 2.45. The van der Waals surface area contributed by atoms with Crippen LogP contribution in [0, 0.1) is 5.92 Å². The fourth-order valence-corrected chi connectivity index (χ4v) is 4.97.